The van der Waals surface area contributed by atoms with Crippen molar-refractivity contribution in [2.75, 3.05) is 0 Å². The van der Waals surface area contributed by atoms with Crippen LogP contribution in [0.1, 0.15) is 28.4 Å². The van der Waals surface area contributed by atoms with Gasteiger partial charge in [0.15, 0.2) is 0 Å². The molecular formula is C17H19ClN2O. The summed E-state index contributed by atoms with van der Waals surface area (Å²) in [6.07, 6.45) is 0.856. The minimum Gasteiger partial charge on any atom is -0.366 e. The molecule has 0 fully saturated rings. The highest BCUT2D eigenvalue weighted by atomic mass is 35.5. The summed E-state index contributed by atoms with van der Waals surface area (Å²) in [5, 5.41) is 4.22. The molecule has 0 aliphatic heterocycles. The standard InChI is InChI=1S/C17H19ClN2O/c1-12(9-14-6-2-3-8-16(14)18)20-11-13-5-4-7-15(10-13)17(19)21/h2-8,10,12,20H,9,11H2,1H3,(H2,19,21). The predicted molar refractivity (Wildman–Crippen MR) is 86.4 cm³/mol. The van der Waals surface area contributed by atoms with E-state index in [2.05, 4.69) is 12.2 Å². The van der Waals surface area contributed by atoms with Gasteiger partial charge in [-0.2, -0.15) is 0 Å². The molecule has 0 saturated carbocycles. The van der Waals surface area contributed by atoms with Crippen molar-refractivity contribution in [3.8, 4) is 0 Å². The third-order valence-electron chi connectivity index (χ3n) is 3.35. The van der Waals surface area contributed by atoms with Crippen LogP contribution in [-0.4, -0.2) is 11.9 Å². The second kappa shape index (κ2) is 7.25. The molecule has 2 aromatic carbocycles. The van der Waals surface area contributed by atoms with E-state index in [9.17, 15) is 4.79 Å². The van der Waals surface area contributed by atoms with E-state index in [1.165, 1.54) is 0 Å². The Morgan fingerprint density at radius 3 is 2.71 bits per heavy atom. The summed E-state index contributed by atoms with van der Waals surface area (Å²) in [6, 6.07) is 15.5. The lowest BCUT2D eigenvalue weighted by Crippen LogP contribution is -2.27. The van der Waals surface area contributed by atoms with Crippen LogP contribution in [0.4, 0.5) is 0 Å². The summed E-state index contributed by atoms with van der Waals surface area (Å²) in [7, 11) is 0. The minimum absolute atomic E-state index is 0.280. The van der Waals surface area contributed by atoms with Crippen LogP contribution in [-0.2, 0) is 13.0 Å². The topological polar surface area (TPSA) is 55.1 Å². The fourth-order valence-electron chi connectivity index (χ4n) is 2.19. The number of carbonyl (C=O) groups excluding carboxylic acids is 1. The van der Waals surface area contributed by atoms with E-state index in [0.29, 0.717) is 12.1 Å². The van der Waals surface area contributed by atoms with Gasteiger partial charge in [-0.05, 0) is 42.7 Å². The summed E-state index contributed by atoms with van der Waals surface area (Å²) in [6.45, 7) is 2.80. The highest BCUT2D eigenvalue weighted by Gasteiger charge is 2.07. The number of primary amides is 1. The van der Waals surface area contributed by atoms with Crippen molar-refractivity contribution in [3.05, 3.63) is 70.2 Å². The molecule has 0 heterocycles. The van der Waals surface area contributed by atoms with E-state index in [1.54, 1.807) is 6.07 Å². The van der Waals surface area contributed by atoms with E-state index in [4.69, 9.17) is 17.3 Å². The Labute approximate surface area is 130 Å². The van der Waals surface area contributed by atoms with Gasteiger partial charge in [-0.3, -0.25) is 4.79 Å². The first-order chi connectivity index (χ1) is 10.1. The zero-order chi connectivity index (χ0) is 15.2. The molecule has 0 spiro atoms. The Morgan fingerprint density at radius 2 is 2.00 bits per heavy atom. The van der Waals surface area contributed by atoms with E-state index >= 15 is 0 Å². The molecular weight excluding hydrogens is 284 g/mol. The maximum Gasteiger partial charge on any atom is 0.248 e. The predicted octanol–water partition coefficient (Wildman–Crippen LogP) is 3.16. The van der Waals surface area contributed by atoms with Gasteiger partial charge in [0.1, 0.15) is 0 Å². The van der Waals surface area contributed by atoms with E-state index in [1.807, 2.05) is 42.5 Å². The molecule has 1 unspecified atom stereocenters. The minimum atomic E-state index is -0.402. The van der Waals surface area contributed by atoms with Crippen LogP contribution in [0.2, 0.25) is 5.02 Å². The van der Waals surface area contributed by atoms with Crippen molar-refractivity contribution in [1.82, 2.24) is 5.32 Å². The fourth-order valence-corrected chi connectivity index (χ4v) is 2.41. The van der Waals surface area contributed by atoms with Crippen molar-refractivity contribution in [3.63, 3.8) is 0 Å². The van der Waals surface area contributed by atoms with Crippen LogP contribution in [0.15, 0.2) is 48.5 Å². The lowest BCUT2D eigenvalue weighted by Gasteiger charge is -2.15. The highest BCUT2D eigenvalue weighted by Crippen LogP contribution is 2.16. The normalized spacial score (nSPS) is 12.1. The molecule has 3 N–H and O–H groups in total. The molecule has 1 amide bonds. The molecule has 2 aromatic rings. The lowest BCUT2D eigenvalue weighted by molar-refractivity contribution is 0.1000. The van der Waals surface area contributed by atoms with Crippen LogP contribution in [0.3, 0.4) is 0 Å². The van der Waals surface area contributed by atoms with Crippen molar-refractivity contribution < 1.29 is 4.79 Å². The Kier molecular flexibility index (Phi) is 5.37. The summed E-state index contributed by atoms with van der Waals surface area (Å²) in [5.41, 5.74) is 7.99. The lowest BCUT2D eigenvalue weighted by atomic mass is 10.1. The summed E-state index contributed by atoms with van der Waals surface area (Å²) >= 11 is 6.16. The number of rotatable bonds is 6. The van der Waals surface area contributed by atoms with Crippen LogP contribution < -0.4 is 11.1 Å². The van der Waals surface area contributed by atoms with E-state index in [0.717, 1.165) is 22.6 Å². The molecule has 4 heteroatoms. The largest absolute Gasteiger partial charge is 0.366 e. The average molecular weight is 303 g/mol. The Hall–Kier alpha value is -1.84. The van der Waals surface area contributed by atoms with Crippen molar-refractivity contribution in [1.29, 1.82) is 0 Å². The first kappa shape index (κ1) is 15.5. The number of carbonyl (C=O) groups is 1. The molecule has 0 aromatic heterocycles. The third kappa shape index (κ3) is 4.59. The molecule has 110 valence electrons. The van der Waals surface area contributed by atoms with Gasteiger partial charge in [-0.15, -0.1) is 0 Å². The van der Waals surface area contributed by atoms with Gasteiger partial charge in [0, 0.05) is 23.2 Å². The monoisotopic (exact) mass is 302 g/mol. The molecule has 1 atom stereocenters. The van der Waals surface area contributed by atoms with Gasteiger partial charge < -0.3 is 11.1 Å². The Morgan fingerprint density at radius 1 is 1.24 bits per heavy atom. The Bertz CT molecular complexity index is 628. The van der Waals surface area contributed by atoms with Gasteiger partial charge in [0.25, 0.3) is 0 Å². The number of halogens is 1. The maximum atomic E-state index is 11.2. The maximum absolute atomic E-state index is 11.2. The van der Waals surface area contributed by atoms with E-state index < -0.39 is 5.91 Å². The second-order valence-electron chi connectivity index (χ2n) is 5.14. The molecule has 21 heavy (non-hydrogen) atoms. The van der Waals surface area contributed by atoms with Gasteiger partial charge in [0.2, 0.25) is 5.91 Å². The van der Waals surface area contributed by atoms with Crippen LogP contribution in [0.5, 0.6) is 0 Å². The van der Waals surface area contributed by atoms with Gasteiger partial charge >= 0.3 is 0 Å². The zero-order valence-electron chi connectivity index (χ0n) is 12.0. The number of hydrogen-bond acceptors (Lipinski definition) is 2. The quantitative estimate of drug-likeness (QED) is 0.861. The third-order valence-corrected chi connectivity index (χ3v) is 3.72. The number of nitrogens with two attached hydrogens (primary N) is 1. The molecule has 0 radical (unpaired) electrons. The van der Waals surface area contributed by atoms with Crippen LogP contribution in [0, 0.1) is 0 Å². The first-order valence-electron chi connectivity index (χ1n) is 6.92. The SMILES string of the molecule is CC(Cc1ccccc1Cl)NCc1cccc(C(N)=O)c1. The molecule has 2 rings (SSSR count). The fraction of sp³-hybridized carbons (Fsp3) is 0.235. The molecule has 0 aliphatic rings. The number of benzene rings is 2. The average Bonchev–Trinajstić information content (AvgIpc) is 2.48. The van der Waals surface area contributed by atoms with Gasteiger partial charge in [-0.25, -0.2) is 0 Å². The molecule has 3 nitrogen and oxygen atoms in total. The van der Waals surface area contributed by atoms with Crippen molar-refractivity contribution in [2.24, 2.45) is 5.73 Å². The van der Waals surface area contributed by atoms with Crippen molar-refractivity contribution >= 4 is 17.5 Å². The summed E-state index contributed by atoms with van der Waals surface area (Å²) in [5.74, 6) is -0.402. The number of hydrogen-bond donors (Lipinski definition) is 2. The first-order valence-corrected chi connectivity index (χ1v) is 7.29. The zero-order valence-corrected chi connectivity index (χ0v) is 12.7. The second-order valence-corrected chi connectivity index (χ2v) is 5.55. The van der Waals surface area contributed by atoms with Gasteiger partial charge in [-0.1, -0.05) is 41.9 Å². The van der Waals surface area contributed by atoms with Gasteiger partial charge in [0.05, 0.1) is 0 Å². The number of nitrogens with one attached hydrogen (secondary N) is 1. The van der Waals surface area contributed by atoms with Crippen LogP contribution >= 0.6 is 11.6 Å². The number of amides is 1. The van der Waals surface area contributed by atoms with Crippen LogP contribution in [0.25, 0.3) is 0 Å². The molecule has 0 bridgehead atoms. The molecule has 0 aliphatic carbocycles. The van der Waals surface area contributed by atoms with E-state index in [-0.39, 0.29) is 6.04 Å². The summed E-state index contributed by atoms with van der Waals surface area (Å²) in [4.78, 5) is 11.2. The Balaban J connectivity index is 1.92. The van der Waals surface area contributed by atoms with Crippen molar-refractivity contribution in [2.45, 2.75) is 25.9 Å². The summed E-state index contributed by atoms with van der Waals surface area (Å²) < 4.78 is 0. The highest BCUT2D eigenvalue weighted by molar-refractivity contribution is 6.31. The smallest absolute Gasteiger partial charge is 0.248 e. The molecule has 0 saturated heterocycles.